The summed E-state index contributed by atoms with van der Waals surface area (Å²) in [4.78, 5) is 10.4. The van der Waals surface area contributed by atoms with Crippen molar-refractivity contribution < 1.29 is 9.53 Å². The van der Waals surface area contributed by atoms with Gasteiger partial charge >= 0.3 is 5.97 Å². The minimum absolute atomic E-state index is 0.0301. The van der Waals surface area contributed by atoms with Crippen LogP contribution in [0.15, 0.2) is 12.2 Å². The van der Waals surface area contributed by atoms with E-state index in [1.165, 1.54) is 6.92 Å². The average molecular weight is 138 g/mol. The number of allylic oxidation sites excluding steroid dienone is 1. The summed E-state index contributed by atoms with van der Waals surface area (Å²) >= 11 is 0. The van der Waals surface area contributed by atoms with Crippen molar-refractivity contribution in [2.75, 3.05) is 0 Å². The molecule has 1 unspecified atom stereocenters. The van der Waals surface area contributed by atoms with E-state index in [0.29, 0.717) is 0 Å². The van der Waals surface area contributed by atoms with Crippen LogP contribution in [0.5, 0.6) is 0 Å². The van der Waals surface area contributed by atoms with Crippen LogP contribution in [-0.4, -0.2) is 12.1 Å². The minimum atomic E-state index is -0.206. The smallest absolute Gasteiger partial charge is 0.302 e. The van der Waals surface area contributed by atoms with E-state index in [9.17, 15) is 4.79 Å². The highest BCUT2D eigenvalue weighted by Gasteiger charge is 2.11. The molecule has 0 aromatic carbocycles. The van der Waals surface area contributed by atoms with Gasteiger partial charge in [0.1, 0.15) is 6.10 Å². The Morgan fingerprint density at radius 1 is 1.80 bits per heavy atom. The number of carbonyl (C=O) groups is 1. The quantitative estimate of drug-likeness (QED) is 0.511. The van der Waals surface area contributed by atoms with Gasteiger partial charge in [-0.05, 0) is 6.42 Å². The van der Waals surface area contributed by atoms with Crippen molar-refractivity contribution in [2.24, 2.45) is 0 Å². The maximum Gasteiger partial charge on any atom is 0.302 e. The minimum Gasteiger partial charge on any atom is -0.462 e. The maximum absolute atomic E-state index is 10.4. The molecule has 1 atom stereocenters. The Morgan fingerprint density at radius 2 is 2.60 bits per heavy atom. The van der Waals surface area contributed by atoms with Crippen molar-refractivity contribution in [3.05, 3.63) is 18.6 Å². The first-order chi connectivity index (χ1) is 4.79. The molecule has 0 aromatic rings. The SMILES string of the molecule is CC(=O)OC1C[C]C=CC1. The second-order valence-corrected chi connectivity index (χ2v) is 2.28. The summed E-state index contributed by atoms with van der Waals surface area (Å²) in [5.41, 5.74) is 0. The molecular weight excluding hydrogens is 128 g/mol. The van der Waals surface area contributed by atoms with Crippen LogP contribution in [0.2, 0.25) is 0 Å². The number of hydrogen-bond donors (Lipinski definition) is 0. The predicted molar refractivity (Wildman–Crippen MR) is 37.2 cm³/mol. The van der Waals surface area contributed by atoms with Crippen LogP contribution in [-0.2, 0) is 9.53 Å². The van der Waals surface area contributed by atoms with Crippen molar-refractivity contribution in [2.45, 2.75) is 25.9 Å². The van der Waals surface area contributed by atoms with E-state index in [-0.39, 0.29) is 12.1 Å². The summed E-state index contributed by atoms with van der Waals surface area (Å²) in [5.74, 6) is -0.206. The molecule has 0 fully saturated rings. The van der Waals surface area contributed by atoms with Gasteiger partial charge in [0.05, 0.1) is 0 Å². The molecule has 2 heteroatoms. The topological polar surface area (TPSA) is 26.3 Å². The van der Waals surface area contributed by atoms with Crippen LogP contribution >= 0.6 is 0 Å². The highest BCUT2D eigenvalue weighted by molar-refractivity contribution is 5.66. The second kappa shape index (κ2) is 3.40. The molecule has 10 heavy (non-hydrogen) atoms. The highest BCUT2D eigenvalue weighted by Crippen LogP contribution is 2.13. The van der Waals surface area contributed by atoms with Crippen molar-refractivity contribution in [3.8, 4) is 0 Å². The number of carbonyl (C=O) groups excluding carboxylic acids is 1. The standard InChI is InChI=1S/C8H10O2/c1-7(9)10-8-5-3-2-4-6-8/h2-3,8H,5-6H2,1H3. The first-order valence-electron chi connectivity index (χ1n) is 3.34. The third-order valence-electron chi connectivity index (χ3n) is 1.31. The average Bonchev–Trinajstić information content (AvgIpc) is 1.88. The zero-order valence-electron chi connectivity index (χ0n) is 5.96. The number of ether oxygens (including phenoxy) is 1. The molecule has 0 saturated carbocycles. The van der Waals surface area contributed by atoms with Crippen molar-refractivity contribution in [3.63, 3.8) is 0 Å². The Kier molecular flexibility index (Phi) is 2.49. The van der Waals surface area contributed by atoms with Gasteiger partial charge in [-0.3, -0.25) is 4.79 Å². The Hall–Kier alpha value is -0.790. The highest BCUT2D eigenvalue weighted by atomic mass is 16.5. The fourth-order valence-electron chi connectivity index (χ4n) is 0.910. The lowest BCUT2D eigenvalue weighted by molar-refractivity contribution is -0.146. The molecule has 0 heterocycles. The van der Waals surface area contributed by atoms with Gasteiger partial charge in [-0.1, -0.05) is 12.2 Å². The number of hydrogen-bond acceptors (Lipinski definition) is 2. The normalized spacial score (nSPS) is 24.3. The molecule has 0 aliphatic heterocycles. The summed E-state index contributed by atoms with van der Waals surface area (Å²) in [7, 11) is 0. The van der Waals surface area contributed by atoms with Crippen molar-refractivity contribution in [1.29, 1.82) is 0 Å². The van der Waals surface area contributed by atoms with Crippen LogP contribution < -0.4 is 0 Å². The van der Waals surface area contributed by atoms with Gasteiger partial charge in [-0.2, -0.15) is 0 Å². The van der Waals surface area contributed by atoms with Crippen LogP contribution in [0.25, 0.3) is 0 Å². The fourth-order valence-corrected chi connectivity index (χ4v) is 0.910. The molecule has 0 saturated heterocycles. The molecule has 1 aliphatic rings. The Balaban J connectivity index is 2.28. The summed E-state index contributed by atoms with van der Waals surface area (Å²) in [6, 6.07) is 0. The van der Waals surface area contributed by atoms with Crippen molar-refractivity contribution in [1.82, 2.24) is 0 Å². The summed E-state index contributed by atoms with van der Waals surface area (Å²) in [5, 5.41) is 0. The van der Waals surface area contributed by atoms with Crippen LogP contribution in [0.4, 0.5) is 0 Å². The van der Waals surface area contributed by atoms with Gasteiger partial charge in [0.2, 0.25) is 0 Å². The zero-order valence-corrected chi connectivity index (χ0v) is 5.96. The first-order valence-corrected chi connectivity index (χ1v) is 3.34. The molecule has 1 aliphatic carbocycles. The van der Waals surface area contributed by atoms with Gasteiger partial charge in [-0.15, -0.1) is 0 Å². The Bertz CT molecular complexity index is 149. The van der Waals surface area contributed by atoms with E-state index >= 15 is 0 Å². The second-order valence-electron chi connectivity index (χ2n) is 2.28. The predicted octanol–water partition coefficient (Wildman–Crippen LogP) is 1.35. The summed E-state index contributed by atoms with van der Waals surface area (Å²) in [6.45, 7) is 1.43. The van der Waals surface area contributed by atoms with E-state index in [1.54, 1.807) is 0 Å². The molecule has 2 nitrogen and oxygen atoms in total. The molecule has 54 valence electrons. The zero-order chi connectivity index (χ0) is 7.40. The van der Waals surface area contributed by atoms with Gasteiger partial charge in [-0.25, -0.2) is 0 Å². The lowest BCUT2D eigenvalue weighted by Gasteiger charge is -2.16. The van der Waals surface area contributed by atoms with E-state index in [2.05, 4.69) is 6.42 Å². The van der Waals surface area contributed by atoms with E-state index in [1.807, 2.05) is 12.2 Å². The molecule has 1 rings (SSSR count). The Labute approximate surface area is 60.9 Å². The number of esters is 1. The Morgan fingerprint density at radius 3 is 3.10 bits per heavy atom. The molecule has 2 radical (unpaired) electrons. The van der Waals surface area contributed by atoms with Gasteiger partial charge in [0.25, 0.3) is 0 Å². The largest absolute Gasteiger partial charge is 0.462 e. The van der Waals surface area contributed by atoms with Crippen LogP contribution in [0.3, 0.4) is 0 Å². The number of rotatable bonds is 1. The van der Waals surface area contributed by atoms with E-state index < -0.39 is 0 Å². The fraction of sp³-hybridized carbons (Fsp3) is 0.500. The maximum atomic E-state index is 10.4. The molecule has 0 bridgehead atoms. The van der Waals surface area contributed by atoms with E-state index in [4.69, 9.17) is 4.74 Å². The lowest BCUT2D eigenvalue weighted by atomic mass is 10.1. The van der Waals surface area contributed by atoms with E-state index in [0.717, 1.165) is 12.8 Å². The molecular formula is C8H10O2. The summed E-state index contributed by atoms with van der Waals surface area (Å²) < 4.78 is 4.94. The molecule has 0 spiro atoms. The van der Waals surface area contributed by atoms with Gasteiger partial charge in [0, 0.05) is 19.8 Å². The van der Waals surface area contributed by atoms with Gasteiger partial charge in [0.15, 0.2) is 0 Å². The first kappa shape index (κ1) is 7.32. The van der Waals surface area contributed by atoms with Crippen LogP contribution in [0, 0.1) is 6.42 Å². The summed E-state index contributed by atoms with van der Waals surface area (Å²) in [6.07, 6.45) is 8.40. The molecule has 0 amide bonds. The monoisotopic (exact) mass is 138 g/mol. The third-order valence-corrected chi connectivity index (χ3v) is 1.31. The van der Waals surface area contributed by atoms with Crippen LogP contribution in [0.1, 0.15) is 19.8 Å². The molecule has 0 aromatic heterocycles. The third kappa shape index (κ3) is 2.21. The lowest BCUT2D eigenvalue weighted by Crippen LogP contribution is -2.17. The molecule has 0 N–H and O–H groups in total. The van der Waals surface area contributed by atoms with Crippen molar-refractivity contribution >= 4 is 5.97 Å². The van der Waals surface area contributed by atoms with Gasteiger partial charge < -0.3 is 4.74 Å².